The third-order valence-corrected chi connectivity index (χ3v) is 2.90. The highest BCUT2D eigenvalue weighted by Crippen LogP contribution is 2.30. The van der Waals surface area contributed by atoms with Crippen LogP contribution in [0.5, 0.6) is 0 Å². The first kappa shape index (κ1) is 11.4. The van der Waals surface area contributed by atoms with Crippen molar-refractivity contribution < 1.29 is 4.39 Å². The second kappa shape index (κ2) is 4.81. The van der Waals surface area contributed by atoms with Crippen LogP contribution in [0, 0.1) is 5.82 Å². The van der Waals surface area contributed by atoms with E-state index in [0.29, 0.717) is 21.7 Å². The Labute approximate surface area is 103 Å². The molecule has 0 radical (unpaired) electrons. The van der Waals surface area contributed by atoms with Gasteiger partial charge in [-0.3, -0.25) is 4.98 Å². The molecule has 0 spiro atoms. The second-order valence-corrected chi connectivity index (χ2v) is 3.94. The van der Waals surface area contributed by atoms with E-state index in [1.807, 2.05) is 0 Å². The van der Waals surface area contributed by atoms with Crippen LogP contribution in [0.1, 0.15) is 5.56 Å². The zero-order chi connectivity index (χ0) is 11.5. The van der Waals surface area contributed by atoms with Gasteiger partial charge in [-0.1, -0.05) is 29.8 Å². The van der Waals surface area contributed by atoms with Crippen LogP contribution < -0.4 is 0 Å². The monoisotopic (exact) mass is 255 g/mol. The Bertz CT molecular complexity index is 514. The van der Waals surface area contributed by atoms with Gasteiger partial charge in [-0.15, -0.1) is 11.6 Å². The lowest BCUT2D eigenvalue weighted by Crippen LogP contribution is -1.92. The quantitative estimate of drug-likeness (QED) is 0.731. The van der Waals surface area contributed by atoms with E-state index in [1.54, 1.807) is 24.4 Å². The normalized spacial score (nSPS) is 10.4. The number of pyridine rings is 1. The van der Waals surface area contributed by atoms with Gasteiger partial charge in [0.1, 0.15) is 5.82 Å². The van der Waals surface area contributed by atoms with Crippen molar-refractivity contribution in [1.29, 1.82) is 0 Å². The Morgan fingerprint density at radius 2 is 1.88 bits per heavy atom. The summed E-state index contributed by atoms with van der Waals surface area (Å²) in [5, 5.41) is 0.454. The summed E-state index contributed by atoms with van der Waals surface area (Å²) >= 11 is 11.8. The van der Waals surface area contributed by atoms with Crippen molar-refractivity contribution >= 4 is 23.2 Å². The molecule has 1 nitrogen and oxygen atoms in total. The third-order valence-electron chi connectivity index (χ3n) is 2.30. The van der Waals surface area contributed by atoms with Gasteiger partial charge in [-0.2, -0.15) is 0 Å². The molecule has 0 aliphatic rings. The molecular formula is C12H8Cl2FN. The predicted octanol–water partition coefficient (Wildman–Crippen LogP) is 4.28. The molecule has 2 rings (SSSR count). The molecule has 0 atom stereocenters. The Balaban J connectivity index is 2.65. The molecule has 1 heterocycles. The van der Waals surface area contributed by atoms with Gasteiger partial charge in [0.05, 0.1) is 5.02 Å². The topological polar surface area (TPSA) is 12.9 Å². The highest BCUT2D eigenvalue weighted by molar-refractivity contribution is 6.32. The molecule has 0 unspecified atom stereocenters. The van der Waals surface area contributed by atoms with Crippen LogP contribution in [0.3, 0.4) is 0 Å². The molecule has 0 N–H and O–H groups in total. The van der Waals surface area contributed by atoms with E-state index < -0.39 is 0 Å². The fourth-order valence-electron chi connectivity index (χ4n) is 1.51. The molecule has 0 saturated carbocycles. The lowest BCUT2D eigenvalue weighted by Gasteiger charge is -2.09. The predicted molar refractivity (Wildman–Crippen MR) is 64.2 cm³/mol. The molecule has 82 valence electrons. The minimum absolute atomic E-state index is 0.227. The largest absolute Gasteiger partial charge is 0.263 e. The summed E-state index contributed by atoms with van der Waals surface area (Å²) < 4.78 is 13.6. The van der Waals surface area contributed by atoms with E-state index in [0.717, 1.165) is 0 Å². The molecule has 1 aromatic carbocycles. The van der Waals surface area contributed by atoms with Crippen LogP contribution in [0.2, 0.25) is 5.02 Å². The maximum absolute atomic E-state index is 13.6. The van der Waals surface area contributed by atoms with E-state index >= 15 is 0 Å². The summed E-state index contributed by atoms with van der Waals surface area (Å²) in [5.74, 6) is -0.0803. The van der Waals surface area contributed by atoms with Crippen LogP contribution in [-0.4, -0.2) is 4.98 Å². The standard InChI is InChI=1S/C12H8Cl2FN/c13-5-9-10(6-16-7-11(9)14)8-3-1-2-4-12(8)15/h1-4,6-7H,5H2. The average molecular weight is 256 g/mol. The minimum Gasteiger partial charge on any atom is -0.263 e. The van der Waals surface area contributed by atoms with Gasteiger partial charge in [0.15, 0.2) is 0 Å². The molecule has 0 aliphatic carbocycles. The van der Waals surface area contributed by atoms with Crippen LogP contribution in [0.15, 0.2) is 36.7 Å². The summed E-state index contributed by atoms with van der Waals surface area (Å²) in [6.45, 7) is 0. The van der Waals surface area contributed by atoms with Crippen LogP contribution in [0.25, 0.3) is 11.1 Å². The number of alkyl halides is 1. The number of aromatic nitrogens is 1. The summed E-state index contributed by atoms with van der Waals surface area (Å²) in [6, 6.07) is 6.47. The van der Waals surface area contributed by atoms with Gasteiger partial charge in [-0.05, 0) is 11.6 Å². The lowest BCUT2D eigenvalue weighted by atomic mass is 10.0. The van der Waals surface area contributed by atoms with Gasteiger partial charge >= 0.3 is 0 Å². The van der Waals surface area contributed by atoms with E-state index in [2.05, 4.69) is 4.98 Å². The number of hydrogen-bond acceptors (Lipinski definition) is 1. The fourth-order valence-corrected chi connectivity index (χ4v) is 2.09. The summed E-state index contributed by atoms with van der Waals surface area (Å²) in [5.41, 5.74) is 1.80. The second-order valence-electron chi connectivity index (χ2n) is 3.26. The Morgan fingerprint density at radius 3 is 2.56 bits per heavy atom. The molecule has 0 aliphatic heterocycles. The fraction of sp³-hybridized carbons (Fsp3) is 0.0833. The number of halogens is 3. The number of hydrogen-bond donors (Lipinski definition) is 0. The molecule has 2 aromatic rings. The first-order chi connectivity index (χ1) is 7.74. The molecule has 16 heavy (non-hydrogen) atoms. The molecule has 4 heteroatoms. The van der Waals surface area contributed by atoms with Crippen LogP contribution in [-0.2, 0) is 5.88 Å². The highest BCUT2D eigenvalue weighted by Gasteiger charge is 2.11. The number of nitrogens with zero attached hydrogens (tertiary/aromatic N) is 1. The van der Waals surface area contributed by atoms with Crippen molar-refractivity contribution in [3.63, 3.8) is 0 Å². The maximum Gasteiger partial charge on any atom is 0.131 e. The van der Waals surface area contributed by atoms with E-state index in [-0.39, 0.29) is 11.7 Å². The van der Waals surface area contributed by atoms with Crippen molar-refractivity contribution in [2.24, 2.45) is 0 Å². The van der Waals surface area contributed by atoms with E-state index in [4.69, 9.17) is 23.2 Å². The Hall–Kier alpha value is -1.12. The van der Waals surface area contributed by atoms with Crippen molar-refractivity contribution in [2.75, 3.05) is 0 Å². The molecule has 0 bridgehead atoms. The van der Waals surface area contributed by atoms with Crippen molar-refractivity contribution in [3.8, 4) is 11.1 Å². The SMILES string of the molecule is Fc1ccccc1-c1cncc(Cl)c1CCl. The van der Waals surface area contributed by atoms with Gasteiger partial charge in [0.2, 0.25) is 0 Å². The van der Waals surface area contributed by atoms with Gasteiger partial charge in [0.25, 0.3) is 0 Å². The summed E-state index contributed by atoms with van der Waals surface area (Å²) in [6.07, 6.45) is 3.08. The minimum atomic E-state index is -0.307. The molecule has 0 amide bonds. The highest BCUT2D eigenvalue weighted by atomic mass is 35.5. The first-order valence-corrected chi connectivity index (χ1v) is 5.58. The van der Waals surface area contributed by atoms with Crippen molar-refractivity contribution in [1.82, 2.24) is 4.98 Å². The zero-order valence-electron chi connectivity index (χ0n) is 8.25. The number of benzene rings is 1. The maximum atomic E-state index is 13.6. The van der Waals surface area contributed by atoms with Gasteiger partial charge in [-0.25, -0.2) is 4.39 Å². The smallest absolute Gasteiger partial charge is 0.131 e. The Morgan fingerprint density at radius 1 is 1.12 bits per heavy atom. The Kier molecular flexibility index (Phi) is 3.42. The molecule has 0 fully saturated rings. The number of rotatable bonds is 2. The van der Waals surface area contributed by atoms with E-state index in [1.165, 1.54) is 12.3 Å². The average Bonchev–Trinajstić information content (AvgIpc) is 2.29. The van der Waals surface area contributed by atoms with Crippen LogP contribution >= 0.6 is 23.2 Å². The lowest BCUT2D eigenvalue weighted by molar-refractivity contribution is 0.631. The van der Waals surface area contributed by atoms with Gasteiger partial charge in [0, 0.05) is 29.4 Å². The van der Waals surface area contributed by atoms with Crippen LogP contribution in [0.4, 0.5) is 4.39 Å². The third kappa shape index (κ3) is 2.04. The van der Waals surface area contributed by atoms with Crippen molar-refractivity contribution in [2.45, 2.75) is 5.88 Å². The summed E-state index contributed by atoms with van der Waals surface area (Å²) in [4.78, 5) is 3.95. The first-order valence-electron chi connectivity index (χ1n) is 4.67. The molecule has 0 saturated heterocycles. The van der Waals surface area contributed by atoms with E-state index in [9.17, 15) is 4.39 Å². The summed E-state index contributed by atoms with van der Waals surface area (Å²) in [7, 11) is 0. The molecular weight excluding hydrogens is 248 g/mol. The zero-order valence-corrected chi connectivity index (χ0v) is 9.76. The van der Waals surface area contributed by atoms with Crippen molar-refractivity contribution in [3.05, 3.63) is 53.1 Å². The molecule has 1 aromatic heterocycles. The van der Waals surface area contributed by atoms with Gasteiger partial charge < -0.3 is 0 Å².